The summed E-state index contributed by atoms with van der Waals surface area (Å²) in [6, 6.07) is 9.54. The number of hydrogen-bond donors (Lipinski definition) is 2. The number of carboxylic acids is 2. The van der Waals surface area contributed by atoms with Crippen molar-refractivity contribution in [1.82, 2.24) is 0 Å². The van der Waals surface area contributed by atoms with Gasteiger partial charge in [0.2, 0.25) is 0 Å². The van der Waals surface area contributed by atoms with Gasteiger partial charge in [0.05, 0.1) is 11.1 Å². The van der Waals surface area contributed by atoms with Crippen molar-refractivity contribution < 1.29 is 19.8 Å². The monoisotopic (exact) mass is 512 g/mol. The van der Waals surface area contributed by atoms with Crippen molar-refractivity contribution in [2.24, 2.45) is 39.4 Å². The molecule has 0 aromatic heterocycles. The van der Waals surface area contributed by atoms with Gasteiger partial charge in [-0.2, -0.15) is 0 Å². The van der Waals surface area contributed by atoms with Gasteiger partial charge in [0, 0.05) is 0 Å². The standard InChI is InChI=1S/C34H40O4/c1-30-14-31(2)16-32(15-30,26-5-3-4-24-23(26)6-7-25(28(35)36)27(24)29(37)38)19-34(17-30,18-31)33-11-20-8-21(12-33)10-22(9-20)13-33/h3-7,20-22H,8-19H2,1-2H3,(H,35,36)(H,37,38). The number of carbonyl (C=O) groups is 2. The highest BCUT2D eigenvalue weighted by atomic mass is 16.4. The molecule has 8 aliphatic carbocycles. The van der Waals surface area contributed by atoms with E-state index in [1.165, 1.54) is 88.7 Å². The number of carboxylic acid groups (broad SMARTS) is 2. The lowest BCUT2D eigenvalue weighted by molar-refractivity contribution is -0.245. The SMILES string of the molecule is CC12CC3(C)CC(c4cccc5c(C(=O)O)c(C(=O)O)ccc45)(C1)CC(C14CC5CC(CC(C5)C1)C4)(C2)C3. The molecule has 2 aromatic rings. The Morgan fingerprint density at radius 2 is 1.29 bits per heavy atom. The van der Waals surface area contributed by atoms with Gasteiger partial charge in [-0.05, 0) is 144 Å². The van der Waals surface area contributed by atoms with Crippen LogP contribution in [-0.2, 0) is 5.41 Å². The van der Waals surface area contributed by atoms with E-state index in [-0.39, 0.29) is 16.5 Å². The van der Waals surface area contributed by atoms with Gasteiger partial charge >= 0.3 is 11.9 Å². The van der Waals surface area contributed by atoms with E-state index in [1.54, 1.807) is 0 Å². The van der Waals surface area contributed by atoms with Crippen molar-refractivity contribution in [3.8, 4) is 0 Å². The number of aromatic carboxylic acids is 2. The number of benzene rings is 2. The Morgan fingerprint density at radius 3 is 1.84 bits per heavy atom. The second kappa shape index (κ2) is 7.04. The zero-order valence-corrected chi connectivity index (χ0v) is 22.8. The zero-order valence-electron chi connectivity index (χ0n) is 22.8. The molecule has 8 saturated carbocycles. The van der Waals surface area contributed by atoms with E-state index in [0.29, 0.717) is 27.0 Å². The molecule has 0 heterocycles. The van der Waals surface area contributed by atoms with Crippen LogP contribution < -0.4 is 0 Å². The van der Waals surface area contributed by atoms with Crippen LogP contribution in [0.2, 0.25) is 0 Å². The van der Waals surface area contributed by atoms with Crippen molar-refractivity contribution >= 4 is 22.7 Å². The molecule has 0 saturated heterocycles. The van der Waals surface area contributed by atoms with E-state index in [0.717, 1.165) is 23.1 Å². The molecule has 2 unspecified atom stereocenters. The fourth-order valence-corrected chi connectivity index (χ4v) is 13.5. The lowest BCUT2D eigenvalue weighted by atomic mass is 9.28. The molecule has 0 aliphatic heterocycles. The summed E-state index contributed by atoms with van der Waals surface area (Å²) < 4.78 is 0. The van der Waals surface area contributed by atoms with E-state index < -0.39 is 11.9 Å². The normalized spacial score (nSPS) is 46.1. The molecule has 2 atom stereocenters. The molecule has 0 spiro atoms. The van der Waals surface area contributed by atoms with Crippen LogP contribution in [0.4, 0.5) is 0 Å². The molecular formula is C34H40O4. The van der Waals surface area contributed by atoms with E-state index in [2.05, 4.69) is 19.9 Å². The van der Waals surface area contributed by atoms with E-state index in [4.69, 9.17) is 0 Å². The number of rotatable bonds is 4. The molecule has 38 heavy (non-hydrogen) atoms. The van der Waals surface area contributed by atoms with Crippen molar-refractivity contribution in [2.75, 3.05) is 0 Å². The fourth-order valence-electron chi connectivity index (χ4n) is 13.5. The highest BCUT2D eigenvalue weighted by Gasteiger charge is 2.72. The fraction of sp³-hybridized carbons (Fsp3) is 0.647. The van der Waals surface area contributed by atoms with Gasteiger partial charge in [0.15, 0.2) is 0 Å². The van der Waals surface area contributed by atoms with Crippen LogP contribution in [0.1, 0.15) is 117 Å². The van der Waals surface area contributed by atoms with Gasteiger partial charge in [0.25, 0.3) is 0 Å². The second-order valence-corrected chi connectivity index (χ2v) is 15.9. The minimum absolute atomic E-state index is 0.0294. The summed E-state index contributed by atoms with van der Waals surface area (Å²) in [4.78, 5) is 24.3. The molecule has 2 aromatic carbocycles. The van der Waals surface area contributed by atoms with Gasteiger partial charge < -0.3 is 10.2 Å². The van der Waals surface area contributed by atoms with Gasteiger partial charge in [-0.25, -0.2) is 9.59 Å². The molecule has 8 bridgehead atoms. The third-order valence-corrected chi connectivity index (χ3v) is 12.8. The first kappa shape index (κ1) is 23.5. The first-order valence-corrected chi connectivity index (χ1v) is 15.0. The Kier molecular flexibility index (Phi) is 4.36. The molecule has 8 fully saturated rings. The third kappa shape index (κ3) is 2.93. The summed E-state index contributed by atoms with van der Waals surface area (Å²) in [5.41, 5.74) is 2.63. The Bertz CT molecular complexity index is 1360. The summed E-state index contributed by atoms with van der Waals surface area (Å²) in [5.74, 6) is 0.493. The van der Waals surface area contributed by atoms with Gasteiger partial charge in [-0.3, -0.25) is 0 Å². The van der Waals surface area contributed by atoms with E-state index in [1.807, 2.05) is 18.2 Å². The van der Waals surface area contributed by atoms with Crippen LogP contribution in [0.5, 0.6) is 0 Å². The van der Waals surface area contributed by atoms with Crippen molar-refractivity contribution in [3.05, 3.63) is 47.0 Å². The van der Waals surface area contributed by atoms with Crippen LogP contribution in [0.15, 0.2) is 30.3 Å². The molecule has 2 N–H and O–H groups in total. The predicted molar refractivity (Wildman–Crippen MR) is 146 cm³/mol. The van der Waals surface area contributed by atoms with Crippen LogP contribution in [0.25, 0.3) is 10.8 Å². The quantitative estimate of drug-likeness (QED) is 0.434. The summed E-state index contributed by atoms with van der Waals surface area (Å²) in [6.45, 7) is 5.14. The highest BCUT2D eigenvalue weighted by Crippen LogP contribution is 2.81. The zero-order chi connectivity index (χ0) is 26.3. The Labute approximate surface area is 225 Å². The second-order valence-electron chi connectivity index (χ2n) is 15.9. The Hall–Kier alpha value is -2.36. The summed E-state index contributed by atoms with van der Waals surface area (Å²) >= 11 is 0. The largest absolute Gasteiger partial charge is 0.478 e. The maximum absolute atomic E-state index is 12.3. The number of fused-ring (bicyclic) bond motifs is 1. The van der Waals surface area contributed by atoms with Crippen molar-refractivity contribution in [3.63, 3.8) is 0 Å². The minimum atomic E-state index is -1.18. The van der Waals surface area contributed by atoms with Crippen LogP contribution in [0.3, 0.4) is 0 Å². The molecule has 4 nitrogen and oxygen atoms in total. The maximum atomic E-state index is 12.3. The molecule has 8 aliphatic rings. The topological polar surface area (TPSA) is 74.6 Å². The van der Waals surface area contributed by atoms with Gasteiger partial charge in [0.1, 0.15) is 0 Å². The molecule has 0 amide bonds. The summed E-state index contributed by atoms with van der Waals surface area (Å²) in [7, 11) is 0. The highest BCUT2D eigenvalue weighted by molar-refractivity contribution is 6.12. The summed E-state index contributed by atoms with van der Waals surface area (Å²) in [5, 5.41) is 21.4. The average Bonchev–Trinajstić information content (AvgIpc) is 2.79. The minimum Gasteiger partial charge on any atom is -0.478 e. The van der Waals surface area contributed by atoms with Crippen molar-refractivity contribution in [2.45, 2.75) is 96.3 Å². The Morgan fingerprint density at radius 1 is 0.684 bits per heavy atom. The molecule has 4 heteroatoms. The van der Waals surface area contributed by atoms with Gasteiger partial charge in [-0.15, -0.1) is 0 Å². The molecular weight excluding hydrogens is 472 g/mol. The van der Waals surface area contributed by atoms with Crippen molar-refractivity contribution in [1.29, 1.82) is 0 Å². The molecule has 200 valence electrons. The number of hydrogen-bond acceptors (Lipinski definition) is 2. The van der Waals surface area contributed by atoms with Gasteiger partial charge in [-0.1, -0.05) is 38.1 Å². The maximum Gasteiger partial charge on any atom is 0.337 e. The van der Waals surface area contributed by atoms with Crippen LogP contribution in [-0.4, -0.2) is 22.2 Å². The smallest absolute Gasteiger partial charge is 0.337 e. The summed E-state index contributed by atoms with van der Waals surface area (Å²) in [6.07, 6.45) is 16.4. The van der Waals surface area contributed by atoms with E-state index in [9.17, 15) is 19.8 Å². The average molecular weight is 513 g/mol. The Balaban J connectivity index is 1.33. The first-order chi connectivity index (χ1) is 18.0. The lowest BCUT2D eigenvalue weighted by Gasteiger charge is -2.76. The molecule has 0 radical (unpaired) electrons. The first-order valence-electron chi connectivity index (χ1n) is 15.0. The third-order valence-electron chi connectivity index (χ3n) is 12.8. The van der Waals surface area contributed by atoms with E-state index >= 15 is 0 Å². The predicted octanol–water partition coefficient (Wildman–Crippen LogP) is 8.07. The van der Waals surface area contributed by atoms with Crippen LogP contribution >= 0.6 is 0 Å². The lowest BCUT2D eigenvalue weighted by Crippen LogP contribution is -2.68. The molecule has 10 rings (SSSR count). The van der Waals surface area contributed by atoms with Crippen LogP contribution in [0, 0.1) is 39.4 Å².